The van der Waals surface area contributed by atoms with Crippen molar-refractivity contribution in [2.45, 2.75) is 95.7 Å². The first-order valence-electron chi connectivity index (χ1n) is 16.7. The summed E-state index contributed by atoms with van der Waals surface area (Å²) in [5, 5.41) is 4.34. The van der Waals surface area contributed by atoms with E-state index in [2.05, 4.69) is 118 Å². The molecule has 6 rings (SSSR count). The second-order valence-electron chi connectivity index (χ2n) is 14.3. The van der Waals surface area contributed by atoms with E-state index < -0.39 is 8.32 Å². The van der Waals surface area contributed by atoms with Gasteiger partial charge in [-0.25, -0.2) is 0 Å². The molecule has 3 aliphatic carbocycles. The van der Waals surface area contributed by atoms with Gasteiger partial charge in [0.25, 0.3) is 8.32 Å². The summed E-state index contributed by atoms with van der Waals surface area (Å²) in [6.45, 7) is 7.31. The lowest BCUT2D eigenvalue weighted by molar-refractivity contribution is 0.0510. The third-order valence-corrected chi connectivity index (χ3v) is 17.2. The van der Waals surface area contributed by atoms with Crippen molar-refractivity contribution in [3.05, 3.63) is 103 Å². The maximum atomic E-state index is 7.93. The van der Waals surface area contributed by atoms with Crippen LogP contribution in [0.15, 0.2) is 103 Å². The molecule has 3 fully saturated rings. The quantitative estimate of drug-likeness (QED) is 0.189. The van der Waals surface area contributed by atoms with E-state index >= 15 is 0 Å². The Morgan fingerprint density at radius 2 is 1.36 bits per heavy atom. The molecule has 3 aromatic rings. The van der Waals surface area contributed by atoms with E-state index in [0.717, 1.165) is 27.3 Å². The van der Waals surface area contributed by atoms with Crippen LogP contribution in [0.3, 0.4) is 0 Å². The van der Waals surface area contributed by atoms with Crippen molar-refractivity contribution in [3.8, 4) is 0 Å². The van der Waals surface area contributed by atoms with Gasteiger partial charge in [-0.1, -0.05) is 154 Å². The van der Waals surface area contributed by atoms with E-state index in [1.165, 1.54) is 79.4 Å². The fraction of sp³-hybridized carbons (Fsp3) is 0.487. The molecule has 0 spiro atoms. The van der Waals surface area contributed by atoms with Gasteiger partial charge in [-0.15, -0.1) is 0 Å². The highest BCUT2D eigenvalue weighted by Crippen LogP contribution is 2.51. The fourth-order valence-corrected chi connectivity index (χ4v) is 14.6. The molecule has 42 heavy (non-hydrogen) atoms. The molecule has 0 saturated heterocycles. The number of benzene rings is 3. The van der Waals surface area contributed by atoms with Crippen LogP contribution in [-0.2, 0) is 4.43 Å². The first kappa shape index (κ1) is 29.8. The van der Waals surface area contributed by atoms with Crippen molar-refractivity contribution in [2.24, 2.45) is 23.7 Å². The minimum absolute atomic E-state index is 0.0144. The Labute approximate surface area is 259 Å². The molecule has 3 aromatic carbocycles. The molecule has 0 N–H and O–H groups in total. The van der Waals surface area contributed by atoms with Crippen molar-refractivity contribution in [3.63, 3.8) is 0 Å². The summed E-state index contributed by atoms with van der Waals surface area (Å²) in [6.07, 6.45) is 15.4. The van der Waals surface area contributed by atoms with Crippen LogP contribution in [0.25, 0.3) is 0 Å². The van der Waals surface area contributed by atoms with Crippen LogP contribution in [0.2, 0.25) is 11.1 Å². The van der Waals surface area contributed by atoms with Crippen LogP contribution in [0.1, 0.15) is 78.6 Å². The predicted octanol–water partition coefficient (Wildman–Crippen LogP) is 8.32. The van der Waals surface area contributed by atoms with Crippen molar-refractivity contribution in [1.29, 1.82) is 0 Å². The standard InChI is InChI=1S/C39H50OSi2/c1-39(2,3)42(35-20-12-6-13-21-35,36-22-14-7-15-23-36)40-38-28-32-25-24-31(26-30-16-8-4-9-17-30)37(32)27-33(38)29-41-34-18-10-5-11-19-34/h5-7,10-15,18-23,26,30,32-33,37-38H,4,8-9,16-17,24-25,27-29H2,1-3H3/b31-26+/t32-,33-,37+,38+/m0/s1. The summed E-state index contributed by atoms with van der Waals surface area (Å²) in [4.78, 5) is 0. The zero-order valence-electron chi connectivity index (χ0n) is 26.1. The van der Waals surface area contributed by atoms with Gasteiger partial charge in [-0.3, -0.25) is 0 Å². The molecule has 3 heteroatoms. The number of hydrogen-bond acceptors (Lipinski definition) is 1. The maximum absolute atomic E-state index is 7.93. The van der Waals surface area contributed by atoms with Crippen LogP contribution >= 0.6 is 0 Å². The van der Waals surface area contributed by atoms with E-state index in [0.29, 0.717) is 12.0 Å². The summed E-state index contributed by atoms with van der Waals surface area (Å²) >= 11 is 0. The highest BCUT2D eigenvalue weighted by atomic mass is 28.4. The van der Waals surface area contributed by atoms with Crippen molar-refractivity contribution in [2.75, 3.05) is 0 Å². The third kappa shape index (κ3) is 6.35. The molecule has 0 heterocycles. The minimum atomic E-state index is -2.59. The zero-order valence-corrected chi connectivity index (χ0v) is 28.1. The monoisotopic (exact) mass is 590 g/mol. The van der Waals surface area contributed by atoms with E-state index in [-0.39, 0.29) is 5.04 Å². The van der Waals surface area contributed by atoms with Gasteiger partial charge in [0.15, 0.2) is 0 Å². The van der Waals surface area contributed by atoms with Gasteiger partial charge >= 0.3 is 0 Å². The molecule has 220 valence electrons. The molecule has 3 saturated carbocycles. The first-order valence-corrected chi connectivity index (χ1v) is 19.8. The Bertz CT molecular complexity index is 1250. The van der Waals surface area contributed by atoms with Crippen LogP contribution in [0, 0.1) is 23.7 Å². The Morgan fingerprint density at radius 1 is 0.762 bits per heavy atom. The van der Waals surface area contributed by atoms with Crippen LogP contribution in [0.5, 0.6) is 0 Å². The van der Waals surface area contributed by atoms with Gasteiger partial charge in [-0.05, 0) is 77.6 Å². The average Bonchev–Trinajstić information content (AvgIpc) is 3.40. The Morgan fingerprint density at radius 3 is 1.95 bits per heavy atom. The summed E-state index contributed by atoms with van der Waals surface area (Å²) in [5.41, 5.74) is 1.82. The zero-order chi connectivity index (χ0) is 29.0. The lowest BCUT2D eigenvalue weighted by atomic mass is 9.73. The second kappa shape index (κ2) is 13.2. The summed E-state index contributed by atoms with van der Waals surface area (Å²) in [7, 11) is -1.75. The Kier molecular flexibility index (Phi) is 9.38. The lowest BCUT2D eigenvalue weighted by Gasteiger charge is -2.49. The average molecular weight is 591 g/mol. The SMILES string of the molecule is CC(C)(C)[Si](O[C@@H]1C[C@@H]2CC/C(=C\C3CCCCC3)[C@H]2C[C@H]1C[Si]c1ccccc1)(c1ccccc1)c1ccccc1. The lowest BCUT2D eigenvalue weighted by Crippen LogP contribution is -2.68. The van der Waals surface area contributed by atoms with Gasteiger partial charge in [0, 0.05) is 6.10 Å². The van der Waals surface area contributed by atoms with Gasteiger partial charge < -0.3 is 4.43 Å². The molecule has 0 aromatic heterocycles. The number of hydrogen-bond donors (Lipinski definition) is 0. The third-order valence-electron chi connectivity index (χ3n) is 10.7. The second-order valence-corrected chi connectivity index (χ2v) is 19.9. The molecule has 0 bridgehead atoms. The highest BCUT2D eigenvalue weighted by Gasteiger charge is 2.53. The smallest absolute Gasteiger partial charge is 0.261 e. The first-order chi connectivity index (χ1) is 20.4. The van der Waals surface area contributed by atoms with Crippen molar-refractivity contribution < 1.29 is 4.43 Å². The van der Waals surface area contributed by atoms with Crippen molar-refractivity contribution in [1.82, 2.24) is 0 Å². The number of fused-ring (bicyclic) bond motifs is 1. The molecule has 4 atom stereocenters. The summed E-state index contributed by atoms with van der Waals surface area (Å²) in [5.74, 6) is 2.98. The Balaban J connectivity index is 1.35. The Hall–Kier alpha value is -2.21. The highest BCUT2D eigenvalue weighted by molar-refractivity contribution is 6.99. The molecule has 2 radical (unpaired) electrons. The number of allylic oxidation sites excluding steroid dienone is 2. The van der Waals surface area contributed by atoms with Crippen LogP contribution in [-0.4, -0.2) is 23.9 Å². The number of rotatable bonds is 8. The summed E-state index contributed by atoms with van der Waals surface area (Å²) < 4.78 is 7.93. The molecule has 0 amide bonds. The largest absolute Gasteiger partial charge is 0.404 e. The van der Waals surface area contributed by atoms with Gasteiger partial charge in [-0.2, -0.15) is 0 Å². The fourth-order valence-electron chi connectivity index (χ4n) is 8.53. The molecule has 1 nitrogen and oxygen atoms in total. The molecular formula is C39H50OSi2. The topological polar surface area (TPSA) is 9.23 Å². The van der Waals surface area contributed by atoms with Crippen LogP contribution in [0.4, 0.5) is 0 Å². The molecule has 3 aliphatic rings. The van der Waals surface area contributed by atoms with E-state index in [9.17, 15) is 0 Å². The van der Waals surface area contributed by atoms with Crippen LogP contribution < -0.4 is 15.6 Å². The predicted molar refractivity (Wildman–Crippen MR) is 183 cm³/mol. The molecule has 0 unspecified atom stereocenters. The minimum Gasteiger partial charge on any atom is -0.404 e. The van der Waals surface area contributed by atoms with Gasteiger partial charge in [0.1, 0.15) is 0 Å². The maximum Gasteiger partial charge on any atom is 0.261 e. The summed E-state index contributed by atoms with van der Waals surface area (Å²) in [6, 6.07) is 35.1. The van der Waals surface area contributed by atoms with Gasteiger partial charge in [0.2, 0.25) is 0 Å². The van der Waals surface area contributed by atoms with E-state index in [1.54, 1.807) is 0 Å². The van der Waals surface area contributed by atoms with E-state index in [4.69, 9.17) is 4.43 Å². The van der Waals surface area contributed by atoms with Gasteiger partial charge in [0.05, 0.1) is 9.52 Å². The van der Waals surface area contributed by atoms with E-state index in [1.807, 2.05) is 5.57 Å². The molecular weight excluding hydrogens is 541 g/mol. The van der Waals surface area contributed by atoms with Crippen molar-refractivity contribution >= 4 is 33.4 Å². The molecule has 0 aliphatic heterocycles. The normalized spacial score (nSPS) is 26.3.